The van der Waals surface area contributed by atoms with Crippen LogP contribution >= 0.6 is 0 Å². The van der Waals surface area contributed by atoms with Crippen LogP contribution in [0.15, 0.2) is 48.3 Å². The summed E-state index contributed by atoms with van der Waals surface area (Å²) < 4.78 is 0. The molecule has 0 aromatic rings. The Kier molecular flexibility index (Phi) is 6.59. The van der Waals surface area contributed by atoms with Crippen LogP contribution in [0.1, 0.15) is 26.7 Å². The van der Waals surface area contributed by atoms with E-state index in [1.165, 1.54) is 0 Å². The lowest BCUT2D eigenvalue weighted by Crippen LogP contribution is -2.24. The summed E-state index contributed by atoms with van der Waals surface area (Å²) in [4.78, 5) is 0. The van der Waals surface area contributed by atoms with Gasteiger partial charge < -0.3 is 22.1 Å². The fourth-order valence-electron chi connectivity index (χ4n) is 1.05. The minimum atomic E-state index is 0.535. The van der Waals surface area contributed by atoms with E-state index in [-0.39, 0.29) is 0 Å². The number of hydrogen-bond acceptors (Lipinski definition) is 4. The molecule has 0 unspecified atom stereocenters. The molecule has 0 aliphatic heterocycles. The zero-order chi connectivity index (χ0) is 12.6. The average Bonchev–Trinajstić information content (AvgIpc) is 2.25. The molecule has 0 aliphatic carbocycles. The molecule has 0 heterocycles. The first-order chi connectivity index (χ1) is 7.52. The van der Waals surface area contributed by atoms with Gasteiger partial charge in [-0.1, -0.05) is 26.5 Å². The van der Waals surface area contributed by atoms with Crippen LogP contribution in [0.3, 0.4) is 0 Å². The normalized spacial score (nSPS) is 12.8. The molecule has 0 saturated heterocycles. The highest BCUT2D eigenvalue weighted by Crippen LogP contribution is 2.03. The fraction of sp³-hybridized carbons (Fsp3) is 0.333. The van der Waals surface area contributed by atoms with Gasteiger partial charge in [0, 0.05) is 5.70 Å². The van der Waals surface area contributed by atoms with Crippen molar-refractivity contribution in [1.82, 2.24) is 10.6 Å². The third-order valence-electron chi connectivity index (χ3n) is 2.00. The lowest BCUT2D eigenvalue weighted by Gasteiger charge is -2.13. The summed E-state index contributed by atoms with van der Waals surface area (Å²) in [6.45, 7) is 11.3. The molecule has 0 aromatic heterocycles. The topological polar surface area (TPSA) is 76.1 Å². The molecule has 0 rings (SSSR count). The number of hydrogen-bond donors (Lipinski definition) is 4. The van der Waals surface area contributed by atoms with Gasteiger partial charge in [-0.15, -0.1) is 0 Å². The average molecular weight is 222 g/mol. The minimum absolute atomic E-state index is 0.535. The molecular weight excluding hydrogens is 200 g/mol. The van der Waals surface area contributed by atoms with Gasteiger partial charge in [0.05, 0.1) is 17.2 Å². The number of unbranched alkanes of at least 4 members (excludes halogenated alkanes) is 1. The second-order valence-electron chi connectivity index (χ2n) is 3.44. The number of nitrogens with one attached hydrogen (secondary N) is 2. The van der Waals surface area contributed by atoms with Crippen molar-refractivity contribution < 1.29 is 0 Å². The van der Waals surface area contributed by atoms with Gasteiger partial charge in [-0.25, -0.2) is 0 Å². The Morgan fingerprint density at radius 3 is 2.50 bits per heavy atom. The summed E-state index contributed by atoms with van der Waals surface area (Å²) in [5.74, 6) is 0.571. The maximum absolute atomic E-state index is 5.85. The first-order valence-corrected chi connectivity index (χ1v) is 5.28. The minimum Gasteiger partial charge on any atom is -0.396 e. The maximum atomic E-state index is 5.85. The highest BCUT2D eigenvalue weighted by Gasteiger charge is 2.02. The molecule has 0 radical (unpaired) electrons. The molecular formula is C12H22N4. The quantitative estimate of drug-likeness (QED) is 0.494. The van der Waals surface area contributed by atoms with Gasteiger partial charge in [0.2, 0.25) is 0 Å². The number of nitrogens with two attached hydrogens (primary N) is 2. The van der Waals surface area contributed by atoms with Crippen molar-refractivity contribution >= 4 is 0 Å². The largest absolute Gasteiger partial charge is 0.396 e. The predicted octanol–water partition coefficient (Wildman–Crippen LogP) is 1.61. The zero-order valence-electron chi connectivity index (χ0n) is 10.1. The van der Waals surface area contributed by atoms with Gasteiger partial charge >= 0.3 is 0 Å². The molecule has 0 fully saturated rings. The van der Waals surface area contributed by atoms with Gasteiger partial charge in [0.1, 0.15) is 0 Å². The molecule has 0 atom stereocenters. The smallest absolute Gasteiger partial charge is 0.0964 e. The first kappa shape index (κ1) is 14.2. The Balaban J connectivity index is 4.46. The summed E-state index contributed by atoms with van der Waals surface area (Å²) >= 11 is 0. The van der Waals surface area contributed by atoms with Crippen LogP contribution in [0.4, 0.5) is 0 Å². The van der Waals surface area contributed by atoms with Crippen LogP contribution < -0.4 is 22.1 Å². The lowest BCUT2D eigenvalue weighted by molar-refractivity contribution is 0.882. The van der Waals surface area contributed by atoms with E-state index in [1.807, 2.05) is 13.0 Å². The summed E-state index contributed by atoms with van der Waals surface area (Å²) in [5, 5.41) is 5.84. The Labute approximate surface area is 97.8 Å². The van der Waals surface area contributed by atoms with Crippen LogP contribution in [-0.4, -0.2) is 0 Å². The van der Waals surface area contributed by atoms with E-state index < -0.39 is 0 Å². The van der Waals surface area contributed by atoms with Crippen molar-refractivity contribution in [3.8, 4) is 0 Å². The molecule has 4 nitrogen and oxygen atoms in total. The third-order valence-corrected chi connectivity index (χ3v) is 2.00. The van der Waals surface area contributed by atoms with E-state index in [9.17, 15) is 0 Å². The van der Waals surface area contributed by atoms with Gasteiger partial charge in [-0.05, 0) is 25.6 Å². The van der Waals surface area contributed by atoms with E-state index in [2.05, 4.69) is 30.7 Å². The zero-order valence-corrected chi connectivity index (χ0v) is 10.1. The van der Waals surface area contributed by atoms with Crippen molar-refractivity contribution in [1.29, 1.82) is 0 Å². The van der Waals surface area contributed by atoms with E-state index in [1.54, 1.807) is 6.20 Å². The molecule has 16 heavy (non-hydrogen) atoms. The summed E-state index contributed by atoms with van der Waals surface area (Å²) in [6.07, 6.45) is 5.46. The van der Waals surface area contributed by atoms with Gasteiger partial charge in [-0.3, -0.25) is 0 Å². The monoisotopic (exact) mass is 222 g/mol. The predicted molar refractivity (Wildman–Crippen MR) is 69.7 cm³/mol. The van der Waals surface area contributed by atoms with E-state index >= 15 is 0 Å². The molecule has 0 spiro atoms. The van der Waals surface area contributed by atoms with Crippen molar-refractivity contribution in [3.63, 3.8) is 0 Å². The Bertz CT molecular complexity index is 313. The van der Waals surface area contributed by atoms with E-state index in [0.717, 1.165) is 18.5 Å². The fourth-order valence-corrected chi connectivity index (χ4v) is 1.05. The second kappa shape index (κ2) is 7.45. The highest BCUT2D eigenvalue weighted by atomic mass is 15.0. The number of rotatable bonds is 7. The SMILES string of the molecule is C=CN/C(C)=C(\N)C(=C)N/C(N)=C/CCC. The van der Waals surface area contributed by atoms with Crippen LogP contribution in [0.5, 0.6) is 0 Å². The molecule has 0 bridgehead atoms. The van der Waals surface area contributed by atoms with Crippen LogP contribution in [-0.2, 0) is 0 Å². The highest BCUT2D eigenvalue weighted by molar-refractivity contribution is 5.30. The second-order valence-corrected chi connectivity index (χ2v) is 3.44. The summed E-state index contributed by atoms with van der Waals surface area (Å²) in [5.41, 5.74) is 13.5. The first-order valence-electron chi connectivity index (χ1n) is 5.28. The molecule has 90 valence electrons. The maximum Gasteiger partial charge on any atom is 0.0964 e. The van der Waals surface area contributed by atoms with Crippen molar-refractivity contribution in [2.45, 2.75) is 26.7 Å². The van der Waals surface area contributed by atoms with E-state index in [0.29, 0.717) is 17.2 Å². The number of allylic oxidation sites excluding steroid dienone is 2. The van der Waals surface area contributed by atoms with Gasteiger partial charge in [0.15, 0.2) is 0 Å². The van der Waals surface area contributed by atoms with Crippen molar-refractivity contribution in [3.05, 3.63) is 48.3 Å². The standard InChI is InChI=1S/C12H22N4/c1-5-7-8-11(13)16-10(4)12(14)9(3)15-6-2/h6,8,15-16H,2,4-5,7,13-14H2,1,3H3/b11-8+,12-9-. The third kappa shape index (κ3) is 5.14. The van der Waals surface area contributed by atoms with Crippen molar-refractivity contribution in [2.75, 3.05) is 0 Å². The molecule has 0 aromatic carbocycles. The lowest BCUT2D eigenvalue weighted by atomic mass is 10.2. The molecule has 0 aliphatic rings. The molecule has 4 heteroatoms. The van der Waals surface area contributed by atoms with E-state index in [4.69, 9.17) is 11.5 Å². The summed E-state index contributed by atoms with van der Waals surface area (Å²) in [7, 11) is 0. The van der Waals surface area contributed by atoms with Crippen LogP contribution in [0, 0.1) is 0 Å². The van der Waals surface area contributed by atoms with Crippen molar-refractivity contribution in [2.24, 2.45) is 11.5 Å². The summed E-state index contributed by atoms with van der Waals surface area (Å²) in [6, 6.07) is 0. The Hall–Kier alpha value is -1.84. The van der Waals surface area contributed by atoms with Gasteiger partial charge in [-0.2, -0.15) is 0 Å². The Morgan fingerprint density at radius 1 is 1.38 bits per heavy atom. The Morgan fingerprint density at radius 2 is 2.00 bits per heavy atom. The van der Waals surface area contributed by atoms with Crippen LogP contribution in [0.2, 0.25) is 0 Å². The van der Waals surface area contributed by atoms with Crippen LogP contribution in [0.25, 0.3) is 0 Å². The molecule has 6 N–H and O–H groups in total. The molecule has 0 saturated carbocycles. The van der Waals surface area contributed by atoms with Gasteiger partial charge in [0.25, 0.3) is 0 Å². The molecule has 0 amide bonds.